The number of hydrogen-bond acceptors (Lipinski definition) is 4. The van der Waals surface area contributed by atoms with Gasteiger partial charge in [0, 0.05) is 59.7 Å². The van der Waals surface area contributed by atoms with Crippen LogP contribution in [0.2, 0.25) is 0 Å². The standard InChI is InChI=1S/C10H15NO4.W.Y/c1-4-5(2)10(3-6(12)11-10)9(15)8(14)7(4)13;;/h4-5,8-9,14-15H,3H2,1-2H3,(H,11,12);;/p-1/t4-,5+,8-,9-,10?;;/m0../s1. The van der Waals surface area contributed by atoms with Gasteiger partial charge in [-0.05, 0) is 12.3 Å². The summed E-state index contributed by atoms with van der Waals surface area (Å²) in [6, 6.07) is 0. The van der Waals surface area contributed by atoms with Crippen LogP contribution in [0.1, 0.15) is 20.3 Å². The molecular weight excluding hydrogens is 471 g/mol. The third kappa shape index (κ3) is 2.46. The average Bonchev–Trinajstić information content (AvgIpc) is 2.17. The molecule has 0 aromatic rings. The Labute approximate surface area is 139 Å². The molecule has 1 aliphatic heterocycles. The van der Waals surface area contributed by atoms with E-state index in [1.807, 2.05) is 0 Å². The average molecular weight is 485 g/mol. The molecule has 1 saturated heterocycles. The molecule has 1 heterocycles. The summed E-state index contributed by atoms with van der Waals surface area (Å²) in [4.78, 5) is 22.4. The smallest absolute Gasteiger partial charge is 0.166 e. The molecule has 1 radical (unpaired) electrons. The third-order valence-corrected chi connectivity index (χ3v) is 3.86. The van der Waals surface area contributed by atoms with E-state index in [4.69, 9.17) is 0 Å². The normalized spacial score (nSPS) is 44.2. The molecule has 5 atom stereocenters. The first-order chi connectivity index (χ1) is 6.90. The van der Waals surface area contributed by atoms with Crippen molar-refractivity contribution in [2.24, 2.45) is 11.8 Å². The predicted octanol–water partition coefficient (Wildman–Crippen LogP) is -0.399. The summed E-state index contributed by atoms with van der Waals surface area (Å²) in [5.74, 6) is -1.22. The number of nitrogens with zero attached hydrogens (tertiary/aromatic N) is 1. The summed E-state index contributed by atoms with van der Waals surface area (Å²) in [5, 5.41) is 23.2. The number of rotatable bonds is 0. The van der Waals surface area contributed by atoms with Gasteiger partial charge in [-0.1, -0.05) is 19.4 Å². The molecule has 17 heavy (non-hydrogen) atoms. The second-order valence-electron chi connectivity index (χ2n) is 4.54. The zero-order chi connectivity index (χ0) is 11.4. The van der Waals surface area contributed by atoms with E-state index in [1.54, 1.807) is 13.8 Å². The summed E-state index contributed by atoms with van der Waals surface area (Å²) in [5.41, 5.74) is -0.927. The van der Waals surface area contributed by atoms with Crippen molar-refractivity contribution in [1.82, 2.24) is 0 Å². The Bertz CT molecular complexity index is 310. The molecule has 2 fully saturated rings. The molecule has 0 aromatic carbocycles. The second kappa shape index (κ2) is 5.87. The molecule has 2 rings (SSSR count). The molecule has 1 unspecified atom stereocenters. The second-order valence-corrected chi connectivity index (χ2v) is 4.54. The molecule has 1 spiro atoms. The molecule has 1 amide bonds. The van der Waals surface area contributed by atoms with Gasteiger partial charge >= 0.3 is 0 Å². The van der Waals surface area contributed by atoms with Crippen LogP contribution in [0.25, 0.3) is 5.32 Å². The molecular formula is C10H14NO4WY-. The van der Waals surface area contributed by atoms with Crippen molar-refractivity contribution in [3.05, 3.63) is 5.32 Å². The summed E-state index contributed by atoms with van der Waals surface area (Å²) in [7, 11) is 0. The van der Waals surface area contributed by atoms with Crippen LogP contribution in [-0.4, -0.2) is 39.7 Å². The fourth-order valence-corrected chi connectivity index (χ4v) is 2.54. The van der Waals surface area contributed by atoms with E-state index < -0.39 is 17.7 Å². The van der Waals surface area contributed by atoms with Gasteiger partial charge in [-0.2, -0.15) is 0 Å². The maximum absolute atomic E-state index is 11.5. The number of aliphatic hydroxyl groups excluding tert-OH is 2. The van der Waals surface area contributed by atoms with Crippen molar-refractivity contribution >= 4 is 11.7 Å². The van der Waals surface area contributed by atoms with Crippen LogP contribution < -0.4 is 0 Å². The van der Waals surface area contributed by atoms with Crippen molar-refractivity contribution in [2.45, 2.75) is 38.0 Å². The Balaban J connectivity index is 0.00000128. The quantitative estimate of drug-likeness (QED) is 0.458. The molecule has 93 valence electrons. The van der Waals surface area contributed by atoms with Gasteiger partial charge in [-0.15, -0.1) is 0 Å². The zero-order valence-corrected chi connectivity index (χ0v) is 15.4. The Hall–Kier alpha value is 0.852. The minimum Gasteiger partial charge on any atom is -0.645 e. The number of β-lactam (4-membered cyclic amide) rings is 1. The van der Waals surface area contributed by atoms with Crippen molar-refractivity contribution in [2.75, 3.05) is 0 Å². The molecule has 0 bridgehead atoms. The summed E-state index contributed by atoms with van der Waals surface area (Å²) >= 11 is 0. The topological polar surface area (TPSA) is 88.7 Å². The number of carbonyl (C=O) groups excluding carboxylic acids is 2. The summed E-state index contributed by atoms with van der Waals surface area (Å²) in [6.07, 6.45) is -2.52. The summed E-state index contributed by atoms with van der Waals surface area (Å²) in [6.45, 7) is 3.48. The zero-order valence-electron chi connectivity index (χ0n) is 9.66. The minimum atomic E-state index is -1.41. The Morgan fingerprint density at radius 2 is 1.76 bits per heavy atom. The van der Waals surface area contributed by atoms with Gasteiger partial charge in [0.2, 0.25) is 0 Å². The van der Waals surface area contributed by atoms with Gasteiger partial charge in [0.25, 0.3) is 0 Å². The van der Waals surface area contributed by atoms with Crippen molar-refractivity contribution in [3.63, 3.8) is 0 Å². The van der Waals surface area contributed by atoms with E-state index in [-0.39, 0.29) is 83.7 Å². The monoisotopic (exact) mass is 485 g/mol. The number of Topliss-reactive ketones (excluding diaryl/α,β-unsaturated/α-hetero) is 1. The third-order valence-electron chi connectivity index (χ3n) is 3.86. The van der Waals surface area contributed by atoms with E-state index in [0.717, 1.165) is 0 Å². The maximum atomic E-state index is 11.5. The SMILES string of the molecule is C[C@@H]1C(=O)[C@H](O)[C@H](O)C2(CC(=O)[N-]2)[C@@H]1C.[W].[Y]. The van der Waals surface area contributed by atoms with Crippen LogP contribution in [0.3, 0.4) is 0 Å². The molecule has 1 aliphatic carbocycles. The van der Waals surface area contributed by atoms with Gasteiger partial charge < -0.3 is 20.3 Å². The van der Waals surface area contributed by atoms with Gasteiger partial charge in [0.1, 0.15) is 6.10 Å². The number of carbonyl (C=O) groups is 2. The Kier molecular flexibility index (Phi) is 6.17. The Morgan fingerprint density at radius 3 is 2.18 bits per heavy atom. The first-order valence-corrected chi connectivity index (χ1v) is 5.06. The summed E-state index contributed by atoms with van der Waals surface area (Å²) < 4.78 is 0. The molecule has 2 N–H and O–H groups in total. The van der Waals surface area contributed by atoms with Crippen molar-refractivity contribution in [1.29, 1.82) is 0 Å². The van der Waals surface area contributed by atoms with Gasteiger partial charge in [-0.25, -0.2) is 0 Å². The van der Waals surface area contributed by atoms with Crippen molar-refractivity contribution < 1.29 is 73.6 Å². The first-order valence-electron chi connectivity index (χ1n) is 5.06. The van der Waals surface area contributed by atoms with Crippen LogP contribution in [-0.2, 0) is 63.4 Å². The number of aliphatic hydroxyl groups is 2. The molecule has 7 heteroatoms. The van der Waals surface area contributed by atoms with Crippen LogP contribution in [0.5, 0.6) is 0 Å². The first kappa shape index (κ1) is 17.9. The van der Waals surface area contributed by atoms with Gasteiger partial charge in [0.05, 0.1) is 12.0 Å². The van der Waals surface area contributed by atoms with E-state index in [2.05, 4.69) is 5.32 Å². The minimum absolute atomic E-state index is 0. The number of amides is 1. The van der Waals surface area contributed by atoms with Gasteiger partial charge in [-0.3, -0.25) is 4.79 Å². The fraction of sp³-hybridized carbons (Fsp3) is 0.800. The molecule has 0 aromatic heterocycles. The largest absolute Gasteiger partial charge is 0.645 e. The maximum Gasteiger partial charge on any atom is 0.166 e. The predicted molar refractivity (Wildman–Crippen MR) is 51.1 cm³/mol. The fourth-order valence-electron chi connectivity index (χ4n) is 2.54. The van der Waals surface area contributed by atoms with E-state index in [1.165, 1.54) is 0 Å². The molecule has 2 aliphatic rings. The number of hydrogen-bond donors (Lipinski definition) is 2. The van der Waals surface area contributed by atoms with Crippen LogP contribution in [0, 0.1) is 11.8 Å². The van der Waals surface area contributed by atoms with E-state index in [0.29, 0.717) is 0 Å². The van der Waals surface area contributed by atoms with Crippen molar-refractivity contribution in [3.8, 4) is 0 Å². The van der Waals surface area contributed by atoms with Crippen LogP contribution >= 0.6 is 0 Å². The Morgan fingerprint density at radius 1 is 1.29 bits per heavy atom. The van der Waals surface area contributed by atoms with E-state index >= 15 is 0 Å². The number of ketones is 1. The van der Waals surface area contributed by atoms with Crippen LogP contribution in [0.4, 0.5) is 0 Å². The molecule has 5 nitrogen and oxygen atoms in total. The van der Waals surface area contributed by atoms with Crippen LogP contribution in [0.15, 0.2) is 0 Å². The van der Waals surface area contributed by atoms with E-state index in [9.17, 15) is 19.8 Å². The molecule has 1 saturated carbocycles. The van der Waals surface area contributed by atoms with Gasteiger partial charge in [0.15, 0.2) is 5.78 Å².